The van der Waals surface area contributed by atoms with Crippen molar-refractivity contribution in [2.75, 3.05) is 50.8 Å². The van der Waals surface area contributed by atoms with Gasteiger partial charge in [0.2, 0.25) is 0 Å². The maximum atomic E-state index is 9.95. The summed E-state index contributed by atoms with van der Waals surface area (Å²) in [5.41, 5.74) is 0.954. The first-order chi connectivity index (χ1) is 13.2. The Morgan fingerprint density at radius 1 is 0.963 bits per heavy atom. The van der Waals surface area contributed by atoms with Crippen LogP contribution in [0, 0.1) is 24.7 Å². The number of rotatable bonds is 5. The Kier molecular flexibility index (Phi) is 5.57. The molecule has 2 aliphatic heterocycles. The lowest BCUT2D eigenvalue weighted by Gasteiger charge is -2.33. The lowest BCUT2D eigenvalue weighted by atomic mass is 9.93. The molecule has 2 saturated heterocycles. The second-order valence-corrected chi connectivity index (χ2v) is 8.19. The average Bonchev–Trinajstić information content (AvgIpc) is 3.11. The molecule has 27 heavy (non-hydrogen) atoms. The van der Waals surface area contributed by atoms with E-state index in [4.69, 9.17) is 0 Å². The van der Waals surface area contributed by atoms with Crippen LogP contribution in [0.3, 0.4) is 0 Å². The van der Waals surface area contributed by atoms with Crippen LogP contribution in [0.4, 0.5) is 5.82 Å². The molecule has 0 amide bonds. The summed E-state index contributed by atoms with van der Waals surface area (Å²) in [5, 5.41) is 30.5. The molecule has 2 aliphatic rings. The molecule has 6 nitrogen and oxygen atoms in total. The number of hydrogen-bond acceptors (Lipinski definition) is 6. The zero-order valence-corrected chi connectivity index (χ0v) is 16.1. The van der Waals surface area contributed by atoms with Crippen molar-refractivity contribution in [3.8, 4) is 0 Å². The number of aromatic nitrogens is 2. The number of nitrogens with zero attached hydrogens (tertiary/aromatic N) is 4. The van der Waals surface area contributed by atoms with Crippen molar-refractivity contribution in [2.24, 2.45) is 17.8 Å². The summed E-state index contributed by atoms with van der Waals surface area (Å²) in [5.74, 6) is 2.10. The molecule has 146 valence electrons. The first-order valence-electron chi connectivity index (χ1n) is 10.1. The van der Waals surface area contributed by atoms with E-state index in [9.17, 15) is 10.2 Å². The first-order valence-corrected chi connectivity index (χ1v) is 10.1. The van der Waals surface area contributed by atoms with Crippen LogP contribution in [0.1, 0.15) is 18.5 Å². The predicted molar refractivity (Wildman–Crippen MR) is 107 cm³/mol. The van der Waals surface area contributed by atoms with Gasteiger partial charge in [-0.2, -0.15) is 5.10 Å². The van der Waals surface area contributed by atoms with Gasteiger partial charge in [-0.3, -0.25) is 0 Å². The molecular formula is C21H30N4O2. The number of aliphatic hydroxyl groups is 2. The molecular weight excluding hydrogens is 340 g/mol. The van der Waals surface area contributed by atoms with E-state index in [1.54, 1.807) is 0 Å². The van der Waals surface area contributed by atoms with Gasteiger partial charge in [0.1, 0.15) is 0 Å². The third-order valence-corrected chi connectivity index (χ3v) is 6.42. The molecule has 0 saturated carbocycles. The van der Waals surface area contributed by atoms with Crippen molar-refractivity contribution in [1.82, 2.24) is 15.1 Å². The van der Waals surface area contributed by atoms with Gasteiger partial charge >= 0.3 is 0 Å². The van der Waals surface area contributed by atoms with Crippen LogP contribution in [0.5, 0.6) is 0 Å². The Bertz CT molecular complexity index is 776. The topological polar surface area (TPSA) is 72.7 Å². The zero-order valence-electron chi connectivity index (χ0n) is 16.1. The number of benzene rings is 1. The maximum Gasteiger partial charge on any atom is 0.159 e. The molecule has 2 N–H and O–H groups in total. The number of aliphatic hydroxyl groups excluding tert-OH is 2. The fourth-order valence-electron chi connectivity index (χ4n) is 4.67. The summed E-state index contributed by atoms with van der Waals surface area (Å²) >= 11 is 0. The number of hydrogen-bond donors (Lipinski definition) is 2. The van der Waals surface area contributed by atoms with Gasteiger partial charge in [-0.25, -0.2) is 0 Å². The fraction of sp³-hybridized carbons (Fsp3) is 0.619. The van der Waals surface area contributed by atoms with Crippen molar-refractivity contribution >= 4 is 16.6 Å². The Morgan fingerprint density at radius 3 is 2.37 bits per heavy atom. The summed E-state index contributed by atoms with van der Waals surface area (Å²) < 4.78 is 0. The van der Waals surface area contributed by atoms with E-state index in [-0.39, 0.29) is 12.5 Å². The minimum absolute atomic E-state index is 0.214. The van der Waals surface area contributed by atoms with Gasteiger partial charge in [0.25, 0.3) is 0 Å². The van der Waals surface area contributed by atoms with E-state index < -0.39 is 0 Å². The van der Waals surface area contributed by atoms with E-state index in [0.29, 0.717) is 18.4 Å². The van der Waals surface area contributed by atoms with Crippen LogP contribution in [0.25, 0.3) is 10.8 Å². The molecule has 2 fully saturated rings. The van der Waals surface area contributed by atoms with Crippen LogP contribution in [0.2, 0.25) is 0 Å². The van der Waals surface area contributed by atoms with Crippen LogP contribution in [-0.2, 0) is 0 Å². The van der Waals surface area contributed by atoms with Crippen molar-refractivity contribution in [1.29, 1.82) is 0 Å². The van der Waals surface area contributed by atoms with Gasteiger partial charge in [-0.15, -0.1) is 5.10 Å². The molecule has 2 aromatic rings. The summed E-state index contributed by atoms with van der Waals surface area (Å²) in [6.07, 6.45) is 2.15. The normalized spacial score (nSPS) is 24.8. The quantitative estimate of drug-likeness (QED) is 0.834. The number of anilines is 1. The van der Waals surface area contributed by atoms with Gasteiger partial charge in [0, 0.05) is 49.5 Å². The molecule has 1 aromatic carbocycles. The molecule has 1 aromatic heterocycles. The highest BCUT2D eigenvalue weighted by Crippen LogP contribution is 2.33. The summed E-state index contributed by atoms with van der Waals surface area (Å²) in [4.78, 5) is 4.81. The smallest absolute Gasteiger partial charge is 0.159 e. The Balaban J connectivity index is 1.49. The minimum Gasteiger partial charge on any atom is -0.396 e. The van der Waals surface area contributed by atoms with E-state index in [0.717, 1.165) is 67.8 Å². The van der Waals surface area contributed by atoms with Crippen LogP contribution < -0.4 is 4.90 Å². The van der Waals surface area contributed by atoms with Gasteiger partial charge in [-0.1, -0.05) is 24.3 Å². The lowest BCUT2D eigenvalue weighted by molar-refractivity contribution is 0.106. The number of piperidine rings is 1. The Hall–Kier alpha value is -1.76. The third kappa shape index (κ3) is 3.79. The largest absolute Gasteiger partial charge is 0.396 e. The highest BCUT2D eigenvalue weighted by Gasteiger charge is 2.35. The second-order valence-electron chi connectivity index (χ2n) is 8.19. The fourth-order valence-corrected chi connectivity index (χ4v) is 4.67. The number of fused-ring (bicyclic) bond motifs is 1. The highest BCUT2D eigenvalue weighted by atomic mass is 16.3. The molecule has 0 spiro atoms. The molecule has 2 atom stereocenters. The minimum atomic E-state index is 0.214. The summed E-state index contributed by atoms with van der Waals surface area (Å²) in [6, 6.07) is 8.31. The van der Waals surface area contributed by atoms with Crippen molar-refractivity contribution in [3.05, 3.63) is 30.0 Å². The van der Waals surface area contributed by atoms with Crippen LogP contribution in [0.15, 0.2) is 24.3 Å². The predicted octanol–water partition coefficient (Wildman–Crippen LogP) is 1.69. The van der Waals surface area contributed by atoms with E-state index in [1.165, 1.54) is 0 Å². The van der Waals surface area contributed by atoms with E-state index in [1.807, 2.05) is 13.0 Å². The Morgan fingerprint density at radius 2 is 1.67 bits per heavy atom. The van der Waals surface area contributed by atoms with Crippen LogP contribution >= 0.6 is 0 Å². The van der Waals surface area contributed by atoms with Crippen molar-refractivity contribution < 1.29 is 10.2 Å². The first kappa shape index (κ1) is 18.6. The van der Waals surface area contributed by atoms with Crippen molar-refractivity contribution in [2.45, 2.75) is 19.8 Å². The van der Waals surface area contributed by atoms with Gasteiger partial charge in [0.15, 0.2) is 5.82 Å². The van der Waals surface area contributed by atoms with E-state index >= 15 is 0 Å². The van der Waals surface area contributed by atoms with Gasteiger partial charge < -0.3 is 20.0 Å². The van der Waals surface area contributed by atoms with E-state index in [2.05, 4.69) is 38.2 Å². The summed E-state index contributed by atoms with van der Waals surface area (Å²) in [7, 11) is 0. The molecule has 0 radical (unpaired) electrons. The molecule has 0 bridgehead atoms. The van der Waals surface area contributed by atoms with Crippen molar-refractivity contribution in [3.63, 3.8) is 0 Å². The Labute approximate surface area is 160 Å². The molecule has 6 heteroatoms. The monoisotopic (exact) mass is 370 g/mol. The number of likely N-dealkylation sites (tertiary alicyclic amines) is 1. The average molecular weight is 370 g/mol. The lowest BCUT2D eigenvalue weighted by Crippen LogP contribution is -2.40. The highest BCUT2D eigenvalue weighted by molar-refractivity contribution is 5.93. The standard InChI is InChI=1S/C21H30N4O2/c1-15-19-4-2-3-5-20(19)21(23-22-15)25-11-17(18(12-25)14-27)10-24-8-6-16(13-26)7-9-24/h2-5,16-18,26-27H,6-14H2,1H3/t17-,18-/m0/s1. The summed E-state index contributed by atoms with van der Waals surface area (Å²) in [6.45, 7) is 7.37. The molecule has 0 unspecified atom stereocenters. The molecule has 4 rings (SSSR count). The van der Waals surface area contributed by atoms with Crippen LogP contribution in [-0.4, -0.2) is 71.2 Å². The maximum absolute atomic E-state index is 9.95. The van der Waals surface area contributed by atoms with Gasteiger partial charge in [-0.05, 0) is 44.7 Å². The molecule has 0 aliphatic carbocycles. The molecule has 3 heterocycles. The number of aryl methyl sites for hydroxylation is 1. The zero-order chi connectivity index (χ0) is 18.8. The van der Waals surface area contributed by atoms with Gasteiger partial charge in [0.05, 0.1) is 5.69 Å². The third-order valence-electron chi connectivity index (χ3n) is 6.42. The second kappa shape index (κ2) is 8.09. The SMILES string of the molecule is Cc1nnc(N2C[C@@H](CO)[C@@H](CN3CCC(CO)CC3)C2)c2ccccc12.